The highest BCUT2D eigenvalue weighted by atomic mass is 28.1. The van der Waals surface area contributed by atoms with E-state index in [-0.39, 0.29) is 6.04 Å². The molecule has 0 heterocycles. The second-order valence-corrected chi connectivity index (χ2v) is 1.62. The van der Waals surface area contributed by atoms with Gasteiger partial charge in [-0.15, -0.1) is 0 Å². The van der Waals surface area contributed by atoms with E-state index in [9.17, 15) is 8.78 Å². The summed E-state index contributed by atoms with van der Waals surface area (Å²) in [5, 5.41) is 0. The molecule has 0 aliphatic rings. The summed E-state index contributed by atoms with van der Waals surface area (Å²) in [4.78, 5) is 0. The predicted octanol–water partition coefficient (Wildman–Crippen LogP) is 0.0352. The smallest absolute Gasteiger partial charge is 0.211 e. The van der Waals surface area contributed by atoms with Crippen LogP contribution in [0.3, 0.4) is 0 Å². The van der Waals surface area contributed by atoms with Crippen molar-refractivity contribution in [3.8, 4) is 0 Å². The third kappa shape index (κ3) is 4.08. The predicted molar refractivity (Wildman–Crippen MR) is 20.8 cm³/mol. The molecular weight excluding hydrogens is 90.1 g/mol. The van der Waals surface area contributed by atoms with Gasteiger partial charge < -0.3 is 0 Å². The van der Waals surface area contributed by atoms with E-state index >= 15 is 0 Å². The van der Waals surface area contributed by atoms with E-state index in [1.54, 1.807) is 0 Å². The third-order valence-corrected chi connectivity index (χ3v) is 0.926. The highest BCUT2D eigenvalue weighted by Gasteiger charge is 1.91. The van der Waals surface area contributed by atoms with Crippen molar-refractivity contribution in [1.29, 1.82) is 0 Å². The molecule has 0 bridgehead atoms. The van der Waals surface area contributed by atoms with Crippen LogP contribution < -0.4 is 0 Å². The highest BCUT2D eigenvalue weighted by molar-refractivity contribution is 6.08. The lowest BCUT2D eigenvalue weighted by Gasteiger charge is -1.81. The number of rotatable bonds is 1. The van der Waals surface area contributed by atoms with Gasteiger partial charge in [0, 0.05) is 10.2 Å². The summed E-state index contributed by atoms with van der Waals surface area (Å²) >= 11 is 0. The summed E-state index contributed by atoms with van der Waals surface area (Å²) in [6.45, 7) is 0. The van der Waals surface area contributed by atoms with E-state index in [1.807, 2.05) is 0 Å². The minimum atomic E-state index is -2.05. The van der Waals surface area contributed by atoms with E-state index in [0.717, 1.165) is 0 Å². The summed E-state index contributed by atoms with van der Waals surface area (Å²) in [6.07, 6.45) is -2.05. The Morgan fingerprint density at radius 1 is 1.60 bits per heavy atom. The van der Waals surface area contributed by atoms with Crippen LogP contribution in [0.25, 0.3) is 0 Å². The van der Waals surface area contributed by atoms with Gasteiger partial charge in [0.05, 0.1) is 0 Å². The molecule has 0 radical (unpaired) electrons. The maximum atomic E-state index is 10.8. The molecule has 0 spiro atoms. The van der Waals surface area contributed by atoms with Crippen LogP contribution in [0.1, 0.15) is 0 Å². The molecule has 0 unspecified atom stereocenters. The van der Waals surface area contributed by atoms with Crippen LogP contribution in [0.2, 0.25) is 6.04 Å². The molecule has 0 aliphatic carbocycles. The standard InChI is InChI=1S/C2H6F2Si/c3-2(4)1-5/h2H,1H2,5H3. The van der Waals surface area contributed by atoms with Crippen molar-refractivity contribution < 1.29 is 8.78 Å². The average Bonchev–Trinajstić information content (AvgIpc) is 1.38. The van der Waals surface area contributed by atoms with Crippen LogP contribution in [0, 0.1) is 0 Å². The van der Waals surface area contributed by atoms with Crippen molar-refractivity contribution in [2.45, 2.75) is 12.5 Å². The molecular formula is C2H6F2Si. The van der Waals surface area contributed by atoms with Gasteiger partial charge in [-0.05, 0) is 6.04 Å². The minimum absolute atomic E-state index is 0.111. The van der Waals surface area contributed by atoms with Crippen LogP contribution >= 0.6 is 0 Å². The summed E-state index contributed by atoms with van der Waals surface area (Å²) in [5.41, 5.74) is 0. The molecule has 0 aliphatic heterocycles. The Balaban J connectivity index is 2.54. The fourth-order valence-corrected chi connectivity index (χ4v) is 0. The average molecular weight is 96.2 g/mol. The molecule has 0 saturated heterocycles. The van der Waals surface area contributed by atoms with Gasteiger partial charge in [0.1, 0.15) is 0 Å². The van der Waals surface area contributed by atoms with Crippen molar-refractivity contribution in [1.82, 2.24) is 0 Å². The van der Waals surface area contributed by atoms with E-state index in [1.165, 1.54) is 0 Å². The molecule has 0 amide bonds. The zero-order valence-corrected chi connectivity index (χ0v) is 5.04. The SMILES string of the molecule is FC(F)C[SiH3]. The fourth-order valence-electron chi connectivity index (χ4n) is 0. The van der Waals surface area contributed by atoms with Crippen molar-refractivity contribution in [3.63, 3.8) is 0 Å². The molecule has 0 N–H and O–H groups in total. The zero-order valence-electron chi connectivity index (χ0n) is 3.04. The minimum Gasteiger partial charge on any atom is -0.211 e. The topological polar surface area (TPSA) is 0 Å². The van der Waals surface area contributed by atoms with Gasteiger partial charge in [0.2, 0.25) is 6.43 Å². The Morgan fingerprint density at radius 2 is 1.80 bits per heavy atom. The molecule has 0 aromatic carbocycles. The largest absolute Gasteiger partial charge is 0.235 e. The summed E-state index contributed by atoms with van der Waals surface area (Å²) in [5.74, 6) is 0. The van der Waals surface area contributed by atoms with Crippen LogP contribution in [0.5, 0.6) is 0 Å². The van der Waals surface area contributed by atoms with Crippen LogP contribution in [-0.2, 0) is 0 Å². The first-order valence-electron chi connectivity index (χ1n) is 1.55. The second-order valence-electron chi connectivity index (χ2n) is 0.799. The van der Waals surface area contributed by atoms with Crippen LogP contribution in [0.4, 0.5) is 8.78 Å². The lowest BCUT2D eigenvalue weighted by molar-refractivity contribution is 0.172. The first kappa shape index (κ1) is 5.08. The van der Waals surface area contributed by atoms with Gasteiger partial charge in [-0.1, -0.05) is 0 Å². The van der Waals surface area contributed by atoms with Crippen molar-refractivity contribution in [2.75, 3.05) is 0 Å². The fraction of sp³-hybridized carbons (Fsp3) is 1.00. The number of hydrogen-bond donors (Lipinski definition) is 0. The quantitative estimate of drug-likeness (QED) is 0.404. The molecule has 3 heteroatoms. The van der Waals surface area contributed by atoms with E-state index in [2.05, 4.69) is 0 Å². The first-order chi connectivity index (χ1) is 2.27. The second kappa shape index (κ2) is 2.32. The maximum absolute atomic E-state index is 10.8. The Kier molecular flexibility index (Phi) is 2.36. The van der Waals surface area contributed by atoms with E-state index in [0.29, 0.717) is 10.2 Å². The normalized spacial score (nSPS) is 10.2. The van der Waals surface area contributed by atoms with Gasteiger partial charge >= 0.3 is 0 Å². The summed E-state index contributed by atoms with van der Waals surface area (Å²) < 4.78 is 21.6. The molecule has 0 aromatic rings. The molecule has 0 nitrogen and oxygen atoms in total. The van der Waals surface area contributed by atoms with Gasteiger partial charge in [0.25, 0.3) is 0 Å². The van der Waals surface area contributed by atoms with Gasteiger partial charge in [0.15, 0.2) is 0 Å². The van der Waals surface area contributed by atoms with Gasteiger partial charge in [-0.3, -0.25) is 0 Å². The van der Waals surface area contributed by atoms with Gasteiger partial charge in [-0.25, -0.2) is 8.78 Å². The summed E-state index contributed by atoms with van der Waals surface area (Å²) in [7, 11) is 0.623. The molecule has 5 heavy (non-hydrogen) atoms. The number of halogens is 2. The highest BCUT2D eigenvalue weighted by Crippen LogP contribution is 1.92. The summed E-state index contributed by atoms with van der Waals surface area (Å²) in [6, 6.07) is 0.111. The lowest BCUT2D eigenvalue weighted by Crippen LogP contribution is -1.83. The van der Waals surface area contributed by atoms with Crippen LogP contribution in [-0.4, -0.2) is 16.7 Å². The zero-order chi connectivity index (χ0) is 4.28. The third-order valence-electron chi connectivity index (χ3n) is 0.309. The Hall–Kier alpha value is 0.0769. The van der Waals surface area contributed by atoms with Crippen LogP contribution in [0.15, 0.2) is 0 Å². The van der Waals surface area contributed by atoms with Gasteiger partial charge in [-0.2, -0.15) is 0 Å². The Morgan fingerprint density at radius 3 is 1.80 bits per heavy atom. The maximum Gasteiger partial charge on any atom is 0.235 e. The Labute approximate surface area is 32.6 Å². The monoisotopic (exact) mass is 96.0 g/mol. The van der Waals surface area contributed by atoms with Crippen molar-refractivity contribution >= 4 is 10.2 Å². The molecule has 0 saturated carbocycles. The van der Waals surface area contributed by atoms with Crippen molar-refractivity contribution in [2.24, 2.45) is 0 Å². The molecule has 0 fully saturated rings. The van der Waals surface area contributed by atoms with E-state index < -0.39 is 6.43 Å². The molecule has 32 valence electrons. The molecule has 0 aromatic heterocycles. The first-order valence-corrected chi connectivity index (χ1v) is 2.97. The molecule has 0 rings (SSSR count). The van der Waals surface area contributed by atoms with Crippen molar-refractivity contribution in [3.05, 3.63) is 0 Å². The molecule has 0 atom stereocenters. The number of hydrogen-bond acceptors (Lipinski definition) is 0. The Bertz CT molecular complexity index is 21.6. The number of alkyl halides is 2. The lowest BCUT2D eigenvalue weighted by atomic mass is 10.9. The van der Waals surface area contributed by atoms with E-state index in [4.69, 9.17) is 0 Å².